The van der Waals surface area contributed by atoms with E-state index in [1.807, 2.05) is 0 Å². The Kier molecular flexibility index (Phi) is 4.20. The van der Waals surface area contributed by atoms with E-state index in [0.717, 1.165) is 0 Å². The lowest BCUT2D eigenvalue weighted by atomic mass is 10.0. The van der Waals surface area contributed by atoms with Crippen molar-refractivity contribution in [1.82, 2.24) is 4.90 Å². The highest BCUT2D eigenvalue weighted by Gasteiger charge is 2.30. The molecule has 0 bridgehead atoms. The molecule has 4 heteroatoms. The van der Waals surface area contributed by atoms with Crippen LogP contribution in [0.3, 0.4) is 0 Å². The van der Waals surface area contributed by atoms with Crippen molar-refractivity contribution in [2.75, 3.05) is 20.3 Å². The maximum atomic E-state index is 11.2. The summed E-state index contributed by atoms with van der Waals surface area (Å²) in [6.07, 6.45) is 0.381. The molecule has 0 aromatic carbocycles. The molecule has 0 aliphatic heterocycles. The predicted molar refractivity (Wildman–Crippen MR) is 45.6 cm³/mol. The Labute approximate surface area is 72.8 Å². The largest absolute Gasteiger partial charge is 0.394 e. The molecule has 12 heavy (non-hydrogen) atoms. The normalized spacial score (nSPS) is 11.4. The van der Waals surface area contributed by atoms with Gasteiger partial charge in [-0.1, -0.05) is 6.92 Å². The van der Waals surface area contributed by atoms with E-state index in [4.69, 9.17) is 10.2 Å². The van der Waals surface area contributed by atoms with Gasteiger partial charge in [-0.3, -0.25) is 4.79 Å². The molecular formula is C8H17NO3. The average molecular weight is 175 g/mol. The lowest BCUT2D eigenvalue weighted by Crippen LogP contribution is -2.52. The first-order valence-corrected chi connectivity index (χ1v) is 4.00. The van der Waals surface area contributed by atoms with Crippen LogP contribution in [0, 0.1) is 0 Å². The van der Waals surface area contributed by atoms with Crippen molar-refractivity contribution in [1.29, 1.82) is 0 Å². The molecule has 0 radical (unpaired) electrons. The first-order chi connectivity index (χ1) is 5.51. The van der Waals surface area contributed by atoms with Crippen LogP contribution in [0.4, 0.5) is 0 Å². The van der Waals surface area contributed by atoms with Gasteiger partial charge >= 0.3 is 0 Å². The zero-order valence-electron chi connectivity index (χ0n) is 7.87. The number of nitrogens with zero attached hydrogens (tertiary/aromatic N) is 1. The van der Waals surface area contributed by atoms with Crippen LogP contribution in [-0.4, -0.2) is 46.8 Å². The molecule has 0 fully saturated rings. The van der Waals surface area contributed by atoms with E-state index in [1.165, 1.54) is 4.90 Å². The Morgan fingerprint density at radius 1 is 1.42 bits per heavy atom. The predicted octanol–water partition coefficient (Wildman–Crippen LogP) is -0.402. The highest BCUT2D eigenvalue weighted by atomic mass is 16.3. The molecule has 0 rings (SSSR count). The molecule has 0 aromatic heterocycles. The van der Waals surface area contributed by atoms with E-state index >= 15 is 0 Å². The van der Waals surface area contributed by atoms with Gasteiger partial charge in [0.05, 0.1) is 18.8 Å². The summed E-state index contributed by atoms with van der Waals surface area (Å²) in [5.74, 6) is -0.0828. The summed E-state index contributed by atoms with van der Waals surface area (Å²) in [5.41, 5.74) is -0.840. The minimum absolute atomic E-state index is 0.0828. The molecule has 2 N–H and O–H groups in total. The molecule has 0 saturated carbocycles. The Hall–Kier alpha value is -0.610. The minimum atomic E-state index is -0.840. The second-order valence-corrected chi connectivity index (χ2v) is 3.12. The first kappa shape index (κ1) is 11.4. The minimum Gasteiger partial charge on any atom is -0.394 e. The van der Waals surface area contributed by atoms with Crippen molar-refractivity contribution >= 4 is 5.91 Å². The molecule has 0 spiro atoms. The zero-order chi connectivity index (χ0) is 9.78. The third-order valence-electron chi connectivity index (χ3n) is 2.17. The van der Waals surface area contributed by atoms with Crippen LogP contribution in [0.5, 0.6) is 0 Å². The Bertz CT molecular complexity index is 154. The molecular weight excluding hydrogens is 158 g/mol. The highest BCUT2D eigenvalue weighted by molar-refractivity contribution is 5.76. The smallest absolute Gasteiger partial charge is 0.222 e. The molecule has 72 valence electrons. The van der Waals surface area contributed by atoms with Crippen LogP contribution in [0.2, 0.25) is 0 Å². The van der Waals surface area contributed by atoms with Crippen LogP contribution in [0.1, 0.15) is 20.3 Å². The van der Waals surface area contributed by atoms with Gasteiger partial charge in [0.1, 0.15) is 0 Å². The lowest BCUT2D eigenvalue weighted by Gasteiger charge is -2.35. The van der Waals surface area contributed by atoms with Gasteiger partial charge in [0.15, 0.2) is 0 Å². The van der Waals surface area contributed by atoms with Crippen LogP contribution in [0.25, 0.3) is 0 Å². The van der Waals surface area contributed by atoms with Crippen molar-refractivity contribution in [3.63, 3.8) is 0 Å². The van der Waals surface area contributed by atoms with E-state index in [9.17, 15) is 4.79 Å². The molecule has 0 heterocycles. The number of aliphatic hydroxyl groups is 2. The molecule has 0 aromatic rings. The fraction of sp³-hybridized carbons (Fsp3) is 0.875. The van der Waals surface area contributed by atoms with E-state index in [1.54, 1.807) is 20.9 Å². The standard InChI is InChI=1S/C8H17NO3/c1-4-7(12)9(3)8(2,5-10)6-11/h10-11H,4-6H2,1-3H3. The van der Waals surface area contributed by atoms with E-state index in [-0.39, 0.29) is 19.1 Å². The maximum absolute atomic E-state index is 11.2. The summed E-state index contributed by atoms with van der Waals surface area (Å²) < 4.78 is 0. The number of carbonyl (C=O) groups is 1. The van der Waals surface area contributed by atoms with Gasteiger partial charge in [0, 0.05) is 13.5 Å². The summed E-state index contributed by atoms with van der Waals surface area (Å²) in [5, 5.41) is 17.9. The molecule has 0 aliphatic rings. The summed E-state index contributed by atoms with van der Waals surface area (Å²) in [7, 11) is 1.58. The number of aliphatic hydroxyl groups excluding tert-OH is 2. The number of hydrogen-bond acceptors (Lipinski definition) is 3. The van der Waals surface area contributed by atoms with Crippen LogP contribution in [0.15, 0.2) is 0 Å². The fourth-order valence-corrected chi connectivity index (χ4v) is 0.800. The lowest BCUT2D eigenvalue weighted by molar-refractivity contribution is -0.138. The van der Waals surface area contributed by atoms with Crippen molar-refractivity contribution in [3.8, 4) is 0 Å². The number of carbonyl (C=O) groups excluding carboxylic acids is 1. The molecule has 0 aliphatic carbocycles. The average Bonchev–Trinajstić information content (AvgIpc) is 2.14. The van der Waals surface area contributed by atoms with Gasteiger partial charge in [-0.15, -0.1) is 0 Å². The second-order valence-electron chi connectivity index (χ2n) is 3.12. The fourth-order valence-electron chi connectivity index (χ4n) is 0.800. The summed E-state index contributed by atoms with van der Waals surface area (Å²) in [4.78, 5) is 12.6. The van der Waals surface area contributed by atoms with Crippen molar-refractivity contribution in [2.45, 2.75) is 25.8 Å². The third-order valence-corrected chi connectivity index (χ3v) is 2.17. The molecule has 4 nitrogen and oxygen atoms in total. The molecule has 0 saturated heterocycles. The maximum Gasteiger partial charge on any atom is 0.222 e. The van der Waals surface area contributed by atoms with Gasteiger partial charge in [0.25, 0.3) is 0 Å². The van der Waals surface area contributed by atoms with Crippen LogP contribution >= 0.6 is 0 Å². The Morgan fingerprint density at radius 3 is 2.08 bits per heavy atom. The Balaban J connectivity index is 4.40. The van der Waals surface area contributed by atoms with Crippen molar-refractivity contribution < 1.29 is 15.0 Å². The van der Waals surface area contributed by atoms with Crippen LogP contribution < -0.4 is 0 Å². The summed E-state index contributed by atoms with van der Waals surface area (Å²) in [6.45, 7) is 2.92. The first-order valence-electron chi connectivity index (χ1n) is 4.00. The van der Waals surface area contributed by atoms with Gasteiger partial charge in [-0.2, -0.15) is 0 Å². The van der Waals surface area contributed by atoms with Crippen molar-refractivity contribution in [2.24, 2.45) is 0 Å². The number of amides is 1. The van der Waals surface area contributed by atoms with Crippen molar-refractivity contribution in [3.05, 3.63) is 0 Å². The molecule has 0 atom stereocenters. The third kappa shape index (κ3) is 2.19. The second kappa shape index (κ2) is 4.42. The number of rotatable bonds is 4. The summed E-state index contributed by atoms with van der Waals surface area (Å²) >= 11 is 0. The molecule has 1 amide bonds. The number of likely N-dealkylation sites (N-methyl/N-ethyl adjacent to an activating group) is 1. The van der Waals surface area contributed by atoms with E-state index in [0.29, 0.717) is 6.42 Å². The SMILES string of the molecule is CCC(=O)N(C)C(C)(CO)CO. The van der Waals surface area contributed by atoms with Gasteiger partial charge in [-0.25, -0.2) is 0 Å². The zero-order valence-corrected chi connectivity index (χ0v) is 7.87. The highest BCUT2D eigenvalue weighted by Crippen LogP contribution is 2.12. The quantitative estimate of drug-likeness (QED) is 0.611. The Morgan fingerprint density at radius 2 is 1.83 bits per heavy atom. The van der Waals surface area contributed by atoms with Crippen LogP contribution in [-0.2, 0) is 4.79 Å². The van der Waals surface area contributed by atoms with Gasteiger partial charge in [-0.05, 0) is 6.92 Å². The van der Waals surface area contributed by atoms with E-state index in [2.05, 4.69) is 0 Å². The topological polar surface area (TPSA) is 60.8 Å². The van der Waals surface area contributed by atoms with E-state index < -0.39 is 5.54 Å². The number of hydrogen-bond donors (Lipinski definition) is 2. The van der Waals surface area contributed by atoms with Gasteiger partial charge < -0.3 is 15.1 Å². The van der Waals surface area contributed by atoms with Gasteiger partial charge in [0.2, 0.25) is 5.91 Å². The molecule has 0 unspecified atom stereocenters. The summed E-state index contributed by atoms with van der Waals surface area (Å²) in [6, 6.07) is 0. The monoisotopic (exact) mass is 175 g/mol.